The standard InChI is InChI=1S/C24H26F2N4O3/c1-14-6-8-30-19(10-15-5-4-7-29(13-15)24(32)33-3)22(28-20(30)9-14)21-17(25)11-16(12-18(21)26)23(31)27-2/h6,8-9,11-12,15H,4-5,7,10,13H2,1-3H3,(H,27,31)/t15-/m1/s1. The molecule has 2 amide bonds. The minimum absolute atomic E-state index is 0.0778. The summed E-state index contributed by atoms with van der Waals surface area (Å²) in [5.41, 5.74) is 2.05. The molecule has 1 aromatic carbocycles. The first-order valence-corrected chi connectivity index (χ1v) is 10.8. The molecule has 0 unspecified atom stereocenters. The SMILES string of the molecule is CNC(=O)c1cc(F)c(-c2nc3cc(C)ccn3c2C[C@H]2CCCN(C(=O)OC)C2)c(F)c1. The van der Waals surface area contributed by atoms with Gasteiger partial charge in [0, 0.05) is 31.9 Å². The molecule has 1 atom stereocenters. The highest BCUT2D eigenvalue weighted by Gasteiger charge is 2.28. The maximum absolute atomic E-state index is 15.1. The molecular weight excluding hydrogens is 430 g/mol. The molecular formula is C24H26F2N4O3. The number of imidazole rings is 1. The Hall–Kier alpha value is -3.49. The first-order chi connectivity index (χ1) is 15.8. The van der Waals surface area contributed by atoms with Crippen molar-refractivity contribution in [3.63, 3.8) is 0 Å². The quantitative estimate of drug-likeness (QED) is 0.645. The summed E-state index contributed by atoms with van der Waals surface area (Å²) in [4.78, 5) is 30.1. The molecule has 1 aliphatic heterocycles. The average molecular weight is 456 g/mol. The molecule has 33 heavy (non-hydrogen) atoms. The summed E-state index contributed by atoms with van der Waals surface area (Å²) in [6.07, 6.45) is 3.62. The number of pyridine rings is 1. The molecule has 0 bridgehead atoms. The molecule has 7 nitrogen and oxygen atoms in total. The van der Waals surface area contributed by atoms with Crippen LogP contribution in [-0.4, -0.2) is 53.5 Å². The van der Waals surface area contributed by atoms with E-state index in [1.807, 2.05) is 29.7 Å². The van der Waals surface area contributed by atoms with Crippen molar-refractivity contribution in [3.8, 4) is 11.3 Å². The van der Waals surface area contributed by atoms with Crippen LogP contribution in [-0.2, 0) is 11.2 Å². The molecule has 1 fully saturated rings. The largest absolute Gasteiger partial charge is 0.453 e. The van der Waals surface area contributed by atoms with E-state index in [1.165, 1.54) is 14.2 Å². The predicted molar refractivity (Wildman–Crippen MR) is 119 cm³/mol. The number of aromatic nitrogens is 2. The van der Waals surface area contributed by atoms with Crippen molar-refractivity contribution in [1.82, 2.24) is 19.6 Å². The Morgan fingerprint density at radius 3 is 2.64 bits per heavy atom. The second-order valence-electron chi connectivity index (χ2n) is 8.36. The molecule has 2 aromatic heterocycles. The van der Waals surface area contributed by atoms with Gasteiger partial charge in [-0.15, -0.1) is 0 Å². The minimum Gasteiger partial charge on any atom is -0.453 e. The molecule has 174 valence electrons. The zero-order valence-corrected chi connectivity index (χ0v) is 18.8. The fraction of sp³-hybridized carbons (Fsp3) is 0.375. The molecule has 1 saturated heterocycles. The molecule has 1 aliphatic rings. The van der Waals surface area contributed by atoms with E-state index in [4.69, 9.17) is 4.74 Å². The van der Waals surface area contributed by atoms with Crippen LogP contribution in [0.15, 0.2) is 30.5 Å². The third kappa shape index (κ3) is 4.40. The molecule has 1 N–H and O–H groups in total. The van der Waals surface area contributed by atoms with Crippen LogP contribution in [0.25, 0.3) is 16.9 Å². The molecule has 0 aliphatic carbocycles. The highest BCUT2D eigenvalue weighted by molar-refractivity contribution is 5.94. The average Bonchev–Trinajstić information content (AvgIpc) is 3.14. The van der Waals surface area contributed by atoms with Crippen LogP contribution in [0.1, 0.15) is 34.5 Å². The fourth-order valence-electron chi connectivity index (χ4n) is 4.47. The zero-order valence-electron chi connectivity index (χ0n) is 18.8. The lowest BCUT2D eigenvalue weighted by Gasteiger charge is -2.31. The van der Waals surface area contributed by atoms with Gasteiger partial charge >= 0.3 is 6.09 Å². The lowest BCUT2D eigenvalue weighted by atomic mass is 9.92. The van der Waals surface area contributed by atoms with Crippen molar-refractivity contribution in [2.75, 3.05) is 27.2 Å². The van der Waals surface area contributed by atoms with Gasteiger partial charge in [-0.1, -0.05) is 0 Å². The van der Waals surface area contributed by atoms with Gasteiger partial charge in [0.2, 0.25) is 0 Å². The normalized spacial score (nSPS) is 16.2. The van der Waals surface area contributed by atoms with E-state index in [0.29, 0.717) is 30.9 Å². The molecule has 3 aromatic rings. The van der Waals surface area contributed by atoms with E-state index in [2.05, 4.69) is 10.3 Å². The minimum atomic E-state index is -0.852. The predicted octanol–water partition coefficient (Wildman–Crippen LogP) is 3.97. The number of benzene rings is 1. The number of carbonyl (C=O) groups excluding carboxylic acids is 2. The van der Waals surface area contributed by atoms with Crippen molar-refractivity contribution in [2.24, 2.45) is 5.92 Å². The van der Waals surface area contributed by atoms with Gasteiger partial charge in [-0.3, -0.25) is 4.79 Å². The summed E-state index contributed by atoms with van der Waals surface area (Å²) in [6, 6.07) is 5.81. The number of nitrogens with one attached hydrogen (secondary N) is 1. The van der Waals surface area contributed by atoms with Gasteiger partial charge in [-0.25, -0.2) is 18.6 Å². The Balaban J connectivity index is 1.79. The van der Waals surface area contributed by atoms with Crippen LogP contribution >= 0.6 is 0 Å². The van der Waals surface area contributed by atoms with Crippen molar-refractivity contribution in [1.29, 1.82) is 0 Å². The Labute approximate surface area is 190 Å². The maximum Gasteiger partial charge on any atom is 0.409 e. The molecule has 4 rings (SSSR count). The smallest absolute Gasteiger partial charge is 0.409 e. The van der Waals surface area contributed by atoms with Gasteiger partial charge in [-0.05, 0) is 61.9 Å². The lowest BCUT2D eigenvalue weighted by molar-refractivity contribution is 0.0961. The van der Waals surface area contributed by atoms with Crippen LogP contribution in [0.3, 0.4) is 0 Å². The third-order valence-corrected chi connectivity index (χ3v) is 6.08. The van der Waals surface area contributed by atoms with Gasteiger partial charge in [0.05, 0.1) is 24.1 Å². The van der Waals surface area contributed by atoms with E-state index in [0.717, 1.165) is 30.5 Å². The zero-order chi connectivity index (χ0) is 23.7. The number of fused-ring (bicyclic) bond motifs is 1. The summed E-state index contributed by atoms with van der Waals surface area (Å²) in [5.74, 6) is -2.20. The Morgan fingerprint density at radius 1 is 1.24 bits per heavy atom. The Kier molecular flexibility index (Phi) is 6.31. The number of hydrogen-bond acceptors (Lipinski definition) is 4. The highest BCUT2D eigenvalue weighted by Crippen LogP contribution is 2.33. The second-order valence-corrected chi connectivity index (χ2v) is 8.36. The number of rotatable bonds is 4. The Bertz CT molecular complexity index is 1200. The number of ether oxygens (including phenoxy) is 1. The van der Waals surface area contributed by atoms with E-state index in [1.54, 1.807) is 4.90 Å². The van der Waals surface area contributed by atoms with Crippen molar-refractivity contribution in [2.45, 2.75) is 26.2 Å². The number of nitrogens with zero attached hydrogens (tertiary/aromatic N) is 3. The number of halogens is 2. The number of aryl methyl sites for hydroxylation is 1. The van der Waals surface area contributed by atoms with Crippen LogP contribution in [0.4, 0.5) is 13.6 Å². The van der Waals surface area contributed by atoms with Gasteiger partial charge in [0.25, 0.3) is 5.91 Å². The highest BCUT2D eigenvalue weighted by atomic mass is 19.1. The van der Waals surface area contributed by atoms with Crippen LogP contribution < -0.4 is 5.32 Å². The van der Waals surface area contributed by atoms with Crippen molar-refractivity contribution >= 4 is 17.6 Å². The number of likely N-dealkylation sites (tertiary alicyclic amines) is 1. The molecule has 3 heterocycles. The topological polar surface area (TPSA) is 75.9 Å². The number of piperidine rings is 1. The van der Waals surface area contributed by atoms with E-state index >= 15 is 8.78 Å². The molecule has 0 saturated carbocycles. The molecule has 0 spiro atoms. The number of hydrogen-bond donors (Lipinski definition) is 1. The van der Waals surface area contributed by atoms with Crippen LogP contribution in [0.2, 0.25) is 0 Å². The van der Waals surface area contributed by atoms with E-state index < -0.39 is 17.5 Å². The second kappa shape index (κ2) is 9.17. The lowest BCUT2D eigenvalue weighted by Crippen LogP contribution is -2.40. The van der Waals surface area contributed by atoms with Crippen molar-refractivity contribution < 1.29 is 23.1 Å². The summed E-state index contributed by atoms with van der Waals surface area (Å²) in [5, 5.41) is 2.37. The van der Waals surface area contributed by atoms with Crippen molar-refractivity contribution in [3.05, 3.63) is 58.9 Å². The third-order valence-electron chi connectivity index (χ3n) is 6.08. The summed E-state index contributed by atoms with van der Waals surface area (Å²) >= 11 is 0. The number of methoxy groups -OCH3 is 1. The number of carbonyl (C=O) groups is 2. The van der Waals surface area contributed by atoms with Gasteiger partial charge < -0.3 is 19.4 Å². The van der Waals surface area contributed by atoms with Crippen LogP contribution in [0.5, 0.6) is 0 Å². The summed E-state index contributed by atoms with van der Waals surface area (Å²) < 4.78 is 37.0. The van der Waals surface area contributed by atoms with Gasteiger partial charge in [0.15, 0.2) is 0 Å². The Morgan fingerprint density at radius 2 is 1.97 bits per heavy atom. The van der Waals surface area contributed by atoms with Gasteiger partial charge in [0.1, 0.15) is 17.3 Å². The first kappa shape index (κ1) is 22.7. The van der Waals surface area contributed by atoms with E-state index in [9.17, 15) is 9.59 Å². The van der Waals surface area contributed by atoms with E-state index in [-0.39, 0.29) is 28.8 Å². The summed E-state index contributed by atoms with van der Waals surface area (Å²) in [7, 11) is 2.75. The fourth-order valence-corrected chi connectivity index (χ4v) is 4.47. The maximum atomic E-state index is 15.1. The van der Waals surface area contributed by atoms with Crippen LogP contribution in [0, 0.1) is 24.5 Å². The first-order valence-electron chi connectivity index (χ1n) is 10.8. The molecule has 0 radical (unpaired) electrons. The monoisotopic (exact) mass is 456 g/mol. The number of amides is 2. The molecule has 9 heteroatoms. The van der Waals surface area contributed by atoms with Gasteiger partial charge in [-0.2, -0.15) is 0 Å². The summed E-state index contributed by atoms with van der Waals surface area (Å²) in [6.45, 7) is 3.03.